The Kier molecular flexibility index (Phi) is 4.84. The summed E-state index contributed by atoms with van der Waals surface area (Å²) in [6.45, 7) is 0.0858. The van der Waals surface area contributed by atoms with Gasteiger partial charge >= 0.3 is 5.97 Å². The molecule has 114 valence electrons. The van der Waals surface area contributed by atoms with E-state index < -0.39 is 16.0 Å². The monoisotopic (exact) mass is 424 g/mol. The van der Waals surface area contributed by atoms with E-state index in [1.54, 1.807) is 0 Å². The van der Waals surface area contributed by atoms with Crippen LogP contribution < -0.4 is 10.0 Å². The maximum absolute atomic E-state index is 12.1. The second kappa shape index (κ2) is 6.28. The molecule has 0 aromatic heterocycles. The number of amides is 1. The summed E-state index contributed by atoms with van der Waals surface area (Å²) in [6.07, 6.45) is 0.966. The van der Waals surface area contributed by atoms with E-state index in [0.29, 0.717) is 16.4 Å². The molecule has 1 heterocycles. The van der Waals surface area contributed by atoms with Gasteiger partial charge in [-0.1, -0.05) is 0 Å². The minimum absolute atomic E-state index is 0.0624. The number of aromatic carboxylic acids is 1. The van der Waals surface area contributed by atoms with E-state index in [4.69, 9.17) is 5.11 Å². The first-order valence-corrected chi connectivity index (χ1v) is 8.67. The van der Waals surface area contributed by atoms with E-state index in [-0.39, 0.29) is 29.0 Å². The molecule has 7 nitrogen and oxygen atoms in total. The number of rotatable bonds is 5. The highest BCUT2D eigenvalue weighted by Gasteiger charge is 2.24. The third-order valence-corrected chi connectivity index (χ3v) is 5.45. The summed E-state index contributed by atoms with van der Waals surface area (Å²) >= 11 is 1.83. The van der Waals surface area contributed by atoms with Crippen LogP contribution in [0.5, 0.6) is 0 Å². The summed E-state index contributed by atoms with van der Waals surface area (Å²) in [5, 5.41) is 11.7. The fraction of sp³-hybridized carbons (Fsp3) is 0.333. The van der Waals surface area contributed by atoms with Gasteiger partial charge in [-0.2, -0.15) is 0 Å². The van der Waals surface area contributed by atoms with Gasteiger partial charge in [0.15, 0.2) is 0 Å². The lowest BCUT2D eigenvalue weighted by Gasteiger charge is -2.12. The Morgan fingerprint density at radius 1 is 1.48 bits per heavy atom. The molecule has 1 aliphatic heterocycles. The van der Waals surface area contributed by atoms with Crippen molar-refractivity contribution in [2.75, 3.05) is 6.54 Å². The average Bonchev–Trinajstić information content (AvgIpc) is 2.82. The standard InChI is InChI=1S/C12H13IN2O5S/c13-10-3-2-8(5-9(10)12(17)18)21(19,20)14-6-7-1-4-11(16)15-7/h2-3,5,7,14H,1,4,6H2,(H,15,16)(H,17,18). The zero-order valence-corrected chi connectivity index (χ0v) is 13.8. The van der Waals surface area contributed by atoms with Crippen molar-refractivity contribution in [2.45, 2.75) is 23.8 Å². The average molecular weight is 424 g/mol. The predicted octanol–water partition coefficient (Wildman–Crippen LogP) is 0.546. The molecule has 9 heteroatoms. The topological polar surface area (TPSA) is 113 Å². The lowest BCUT2D eigenvalue weighted by Crippen LogP contribution is -2.38. The minimum atomic E-state index is -3.81. The number of nitrogens with one attached hydrogen (secondary N) is 2. The van der Waals surface area contributed by atoms with Gasteiger partial charge in [0.05, 0.1) is 10.5 Å². The molecule has 1 aromatic carbocycles. The summed E-state index contributed by atoms with van der Waals surface area (Å²) < 4.78 is 27.1. The van der Waals surface area contributed by atoms with Gasteiger partial charge < -0.3 is 10.4 Å². The van der Waals surface area contributed by atoms with Crippen LogP contribution >= 0.6 is 22.6 Å². The summed E-state index contributed by atoms with van der Waals surface area (Å²) in [5.74, 6) is -1.28. The molecule has 1 saturated heterocycles. The molecule has 1 atom stereocenters. The molecule has 0 radical (unpaired) electrons. The van der Waals surface area contributed by atoms with Crippen LogP contribution in [0, 0.1) is 3.57 Å². The van der Waals surface area contributed by atoms with Gasteiger partial charge in [0, 0.05) is 22.6 Å². The Hall–Kier alpha value is -1.20. The smallest absolute Gasteiger partial charge is 0.336 e. The first-order chi connectivity index (χ1) is 9.79. The van der Waals surface area contributed by atoms with E-state index in [9.17, 15) is 18.0 Å². The van der Waals surface area contributed by atoms with Gasteiger partial charge in [-0.25, -0.2) is 17.9 Å². The quantitative estimate of drug-likeness (QED) is 0.598. The second-order valence-electron chi connectivity index (χ2n) is 4.60. The maximum Gasteiger partial charge on any atom is 0.336 e. The van der Waals surface area contributed by atoms with Gasteiger partial charge in [-0.15, -0.1) is 0 Å². The minimum Gasteiger partial charge on any atom is -0.478 e. The molecule has 0 aliphatic carbocycles. The molecule has 2 rings (SSSR count). The Bertz CT molecular complexity index is 689. The number of carboxylic acid groups (broad SMARTS) is 1. The number of sulfonamides is 1. The van der Waals surface area contributed by atoms with Crippen molar-refractivity contribution in [3.63, 3.8) is 0 Å². The molecule has 0 saturated carbocycles. The van der Waals surface area contributed by atoms with Gasteiger partial charge in [0.1, 0.15) is 0 Å². The zero-order valence-electron chi connectivity index (χ0n) is 10.8. The number of benzene rings is 1. The first-order valence-electron chi connectivity index (χ1n) is 6.11. The van der Waals surface area contributed by atoms with Crippen molar-refractivity contribution in [1.82, 2.24) is 10.0 Å². The Morgan fingerprint density at radius 2 is 2.19 bits per heavy atom. The molecule has 1 aliphatic rings. The summed E-state index contributed by atoms with van der Waals surface area (Å²) in [6, 6.07) is 3.69. The van der Waals surface area contributed by atoms with Crippen molar-refractivity contribution in [1.29, 1.82) is 0 Å². The SMILES string of the molecule is O=C1CCC(CNS(=O)(=O)c2ccc(I)c(C(=O)O)c2)N1. The number of carboxylic acids is 1. The van der Waals surface area contributed by atoms with Crippen molar-refractivity contribution >= 4 is 44.5 Å². The van der Waals surface area contributed by atoms with Crippen LogP contribution in [0.4, 0.5) is 0 Å². The second-order valence-corrected chi connectivity index (χ2v) is 7.53. The van der Waals surface area contributed by atoms with Crippen LogP contribution in [0.2, 0.25) is 0 Å². The third-order valence-electron chi connectivity index (χ3n) is 3.08. The molecule has 0 spiro atoms. The summed E-state index contributed by atoms with van der Waals surface area (Å²) in [7, 11) is -3.81. The molecule has 0 bridgehead atoms. The predicted molar refractivity (Wildman–Crippen MR) is 82.5 cm³/mol. The fourth-order valence-electron chi connectivity index (χ4n) is 1.96. The van der Waals surface area contributed by atoms with Crippen molar-refractivity contribution in [3.05, 3.63) is 27.3 Å². The lowest BCUT2D eigenvalue weighted by atomic mass is 10.2. The van der Waals surface area contributed by atoms with E-state index in [2.05, 4.69) is 10.0 Å². The largest absolute Gasteiger partial charge is 0.478 e. The van der Waals surface area contributed by atoms with E-state index >= 15 is 0 Å². The Balaban J connectivity index is 2.14. The van der Waals surface area contributed by atoms with Crippen LogP contribution in [0.1, 0.15) is 23.2 Å². The summed E-state index contributed by atoms with van der Waals surface area (Å²) in [5.41, 5.74) is -0.0624. The fourth-order valence-corrected chi connectivity index (χ4v) is 3.63. The van der Waals surface area contributed by atoms with Gasteiger partial charge in [0.2, 0.25) is 15.9 Å². The Morgan fingerprint density at radius 3 is 2.76 bits per heavy atom. The van der Waals surface area contributed by atoms with Gasteiger partial charge in [-0.3, -0.25) is 4.79 Å². The number of carbonyl (C=O) groups is 2. The van der Waals surface area contributed by atoms with Crippen LogP contribution in [-0.4, -0.2) is 38.0 Å². The molecule has 1 unspecified atom stereocenters. The molecule has 21 heavy (non-hydrogen) atoms. The highest BCUT2D eigenvalue weighted by atomic mass is 127. The number of hydrogen-bond donors (Lipinski definition) is 3. The number of carbonyl (C=O) groups excluding carboxylic acids is 1. The lowest BCUT2D eigenvalue weighted by molar-refractivity contribution is -0.119. The highest BCUT2D eigenvalue weighted by molar-refractivity contribution is 14.1. The van der Waals surface area contributed by atoms with Crippen LogP contribution in [0.3, 0.4) is 0 Å². The molecule has 1 aromatic rings. The van der Waals surface area contributed by atoms with Gasteiger partial charge in [0.25, 0.3) is 0 Å². The first kappa shape index (κ1) is 16.2. The number of halogens is 1. The molecule has 1 fully saturated rings. The van der Waals surface area contributed by atoms with E-state index in [1.165, 1.54) is 12.1 Å². The highest BCUT2D eigenvalue weighted by Crippen LogP contribution is 2.18. The third kappa shape index (κ3) is 3.92. The molecular weight excluding hydrogens is 411 g/mol. The van der Waals surface area contributed by atoms with Crippen LogP contribution in [0.15, 0.2) is 23.1 Å². The molecule has 1 amide bonds. The molecule has 3 N–H and O–H groups in total. The van der Waals surface area contributed by atoms with Crippen LogP contribution in [-0.2, 0) is 14.8 Å². The van der Waals surface area contributed by atoms with Crippen LogP contribution in [0.25, 0.3) is 0 Å². The maximum atomic E-state index is 12.1. The van der Waals surface area contributed by atoms with E-state index in [1.807, 2.05) is 22.6 Å². The van der Waals surface area contributed by atoms with Crippen molar-refractivity contribution in [2.24, 2.45) is 0 Å². The normalized spacial score (nSPS) is 18.5. The van der Waals surface area contributed by atoms with Gasteiger partial charge in [-0.05, 0) is 47.2 Å². The summed E-state index contributed by atoms with van der Waals surface area (Å²) in [4.78, 5) is 22.0. The van der Waals surface area contributed by atoms with Crippen molar-refractivity contribution < 1.29 is 23.1 Å². The number of hydrogen-bond acceptors (Lipinski definition) is 4. The Labute approximate surface area is 135 Å². The zero-order chi connectivity index (χ0) is 15.6. The van der Waals surface area contributed by atoms with Crippen molar-refractivity contribution in [3.8, 4) is 0 Å². The molecular formula is C12H13IN2O5S. The van der Waals surface area contributed by atoms with E-state index in [0.717, 1.165) is 6.07 Å².